The first-order valence-electron chi connectivity index (χ1n) is 9.00. The Morgan fingerprint density at radius 3 is 2.43 bits per heavy atom. The van der Waals surface area contributed by atoms with E-state index in [1.165, 1.54) is 13.8 Å². The number of nitrogens with zero attached hydrogens (tertiary/aromatic N) is 1. The van der Waals surface area contributed by atoms with E-state index in [0.717, 1.165) is 13.0 Å². The molecule has 158 valence electrons. The van der Waals surface area contributed by atoms with Crippen molar-refractivity contribution in [3.05, 3.63) is 69.7 Å². The van der Waals surface area contributed by atoms with Crippen molar-refractivity contribution in [2.24, 2.45) is 10.7 Å². The molecular formula is C22H19ClF4N2O. The number of hydrogen-bond acceptors (Lipinski definition) is 3. The van der Waals surface area contributed by atoms with Gasteiger partial charge in [0.25, 0.3) is 0 Å². The van der Waals surface area contributed by atoms with E-state index >= 15 is 8.78 Å². The van der Waals surface area contributed by atoms with Gasteiger partial charge in [0.05, 0.1) is 5.56 Å². The van der Waals surface area contributed by atoms with Gasteiger partial charge in [-0.3, -0.25) is 4.99 Å². The lowest BCUT2D eigenvalue weighted by atomic mass is 9.77. The maximum absolute atomic E-state index is 15.5. The second-order valence-electron chi connectivity index (χ2n) is 7.62. The lowest BCUT2D eigenvalue weighted by Gasteiger charge is -2.41. The van der Waals surface area contributed by atoms with E-state index in [4.69, 9.17) is 22.1 Å². The zero-order valence-corrected chi connectivity index (χ0v) is 17.2. The molecule has 0 spiro atoms. The molecule has 1 heterocycles. The SMILES string of the molecule is CC1(C)OCC(N)=N[C@](C)(c2cc(C#Cc3cccc(Cl)c3)c(F)cc2F)C1(F)F. The van der Waals surface area contributed by atoms with Crippen LogP contribution in [0.1, 0.15) is 37.5 Å². The van der Waals surface area contributed by atoms with Crippen LogP contribution in [-0.2, 0) is 10.3 Å². The number of benzene rings is 2. The highest BCUT2D eigenvalue weighted by Gasteiger charge is 2.64. The fourth-order valence-electron chi connectivity index (χ4n) is 3.27. The van der Waals surface area contributed by atoms with Crippen molar-refractivity contribution in [3.63, 3.8) is 0 Å². The van der Waals surface area contributed by atoms with Crippen LogP contribution in [0.15, 0.2) is 41.4 Å². The van der Waals surface area contributed by atoms with Crippen LogP contribution in [0.5, 0.6) is 0 Å². The van der Waals surface area contributed by atoms with Crippen LogP contribution in [0, 0.1) is 23.5 Å². The van der Waals surface area contributed by atoms with Crippen molar-refractivity contribution in [1.29, 1.82) is 0 Å². The molecule has 2 aromatic rings. The maximum Gasteiger partial charge on any atom is 0.304 e. The van der Waals surface area contributed by atoms with Gasteiger partial charge < -0.3 is 10.5 Å². The van der Waals surface area contributed by atoms with E-state index in [1.807, 2.05) is 0 Å². The highest BCUT2D eigenvalue weighted by Crippen LogP contribution is 2.50. The Balaban J connectivity index is 2.19. The minimum absolute atomic E-state index is 0.224. The zero-order chi connectivity index (χ0) is 22.3. The maximum atomic E-state index is 15.5. The Hall–Kier alpha value is -2.56. The van der Waals surface area contributed by atoms with Gasteiger partial charge >= 0.3 is 5.92 Å². The van der Waals surface area contributed by atoms with Gasteiger partial charge in [0.15, 0.2) is 5.54 Å². The van der Waals surface area contributed by atoms with Gasteiger partial charge in [0, 0.05) is 22.2 Å². The Morgan fingerprint density at radius 1 is 1.07 bits per heavy atom. The Morgan fingerprint density at radius 2 is 1.77 bits per heavy atom. The molecule has 1 aliphatic heterocycles. The third-order valence-corrected chi connectivity index (χ3v) is 5.30. The fraction of sp³-hybridized carbons (Fsp3) is 0.318. The summed E-state index contributed by atoms with van der Waals surface area (Å²) in [7, 11) is 0. The van der Waals surface area contributed by atoms with Gasteiger partial charge in [0.2, 0.25) is 0 Å². The van der Waals surface area contributed by atoms with Gasteiger partial charge in [-0.2, -0.15) is 0 Å². The van der Waals surface area contributed by atoms with Crippen molar-refractivity contribution in [2.45, 2.75) is 37.8 Å². The number of aliphatic imine (C=N–C) groups is 1. The Kier molecular flexibility index (Phi) is 5.61. The topological polar surface area (TPSA) is 47.6 Å². The lowest BCUT2D eigenvalue weighted by Crippen LogP contribution is -2.56. The normalized spacial score (nSPS) is 22.5. The third kappa shape index (κ3) is 3.78. The van der Waals surface area contributed by atoms with E-state index < -0.39 is 34.3 Å². The highest BCUT2D eigenvalue weighted by molar-refractivity contribution is 6.30. The van der Waals surface area contributed by atoms with Crippen molar-refractivity contribution in [2.75, 3.05) is 6.61 Å². The summed E-state index contributed by atoms with van der Waals surface area (Å²) < 4.78 is 65.2. The summed E-state index contributed by atoms with van der Waals surface area (Å²) in [6, 6.07) is 7.96. The molecule has 3 rings (SSSR count). The number of alkyl halides is 2. The van der Waals surface area contributed by atoms with Crippen LogP contribution in [0.4, 0.5) is 17.6 Å². The van der Waals surface area contributed by atoms with Crippen LogP contribution in [0.2, 0.25) is 5.02 Å². The molecule has 0 saturated heterocycles. The zero-order valence-electron chi connectivity index (χ0n) is 16.5. The van der Waals surface area contributed by atoms with Crippen molar-refractivity contribution >= 4 is 17.4 Å². The number of hydrogen-bond donors (Lipinski definition) is 1. The largest absolute Gasteiger partial charge is 0.385 e. The van der Waals surface area contributed by atoms with Gasteiger partial charge in [-0.15, -0.1) is 0 Å². The number of ether oxygens (including phenoxy) is 1. The second-order valence-corrected chi connectivity index (χ2v) is 8.06. The number of rotatable bonds is 1. The summed E-state index contributed by atoms with van der Waals surface area (Å²) in [6.45, 7) is 3.03. The van der Waals surface area contributed by atoms with Gasteiger partial charge in [-0.05, 0) is 45.0 Å². The van der Waals surface area contributed by atoms with Crippen LogP contribution >= 0.6 is 11.6 Å². The molecule has 0 amide bonds. The van der Waals surface area contributed by atoms with Crippen LogP contribution < -0.4 is 5.73 Å². The van der Waals surface area contributed by atoms with Crippen LogP contribution in [0.25, 0.3) is 0 Å². The summed E-state index contributed by atoms with van der Waals surface area (Å²) >= 11 is 5.90. The number of amidine groups is 1. The smallest absolute Gasteiger partial charge is 0.304 e. The van der Waals surface area contributed by atoms with Crippen molar-refractivity contribution < 1.29 is 22.3 Å². The van der Waals surface area contributed by atoms with E-state index in [9.17, 15) is 8.78 Å². The predicted octanol–water partition coefficient (Wildman–Crippen LogP) is 5.03. The molecule has 8 heteroatoms. The first kappa shape index (κ1) is 22.1. The first-order valence-corrected chi connectivity index (χ1v) is 9.38. The molecule has 0 aliphatic carbocycles. The minimum atomic E-state index is -3.68. The van der Waals surface area contributed by atoms with Crippen molar-refractivity contribution in [3.8, 4) is 11.8 Å². The molecule has 0 bridgehead atoms. The molecule has 2 N–H and O–H groups in total. The van der Waals surface area contributed by atoms with E-state index in [1.54, 1.807) is 24.3 Å². The number of nitrogens with two attached hydrogens (primary N) is 1. The van der Waals surface area contributed by atoms with Gasteiger partial charge in [0.1, 0.15) is 29.7 Å². The minimum Gasteiger partial charge on any atom is -0.385 e. The Labute approximate surface area is 176 Å². The lowest BCUT2D eigenvalue weighted by molar-refractivity contribution is -0.214. The fourth-order valence-corrected chi connectivity index (χ4v) is 3.46. The van der Waals surface area contributed by atoms with Gasteiger partial charge in [-0.25, -0.2) is 17.6 Å². The molecule has 0 aromatic heterocycles. The molecular weight excluding hydrogens is 420 g/mol. The average Bonchev–Trinajstić information content (AvgIpc) is 2.70. The van der Waals surface area contributed by atoms with Crippen LogP contribution in [0.3, 0.4) is 0 Å². The third-order valence-electron chi connectivity index (χ3n) is 5.06. The molecule has 2 aromatic carbocycles. The molecule has 0 saturated carbocycles. The summed E-state index contributed by atoms with van der Waals surface area (Å²) in [6.07, 6.45) is 0. The predicted molar refractivity (Wildman–Crippen MR) is 108 cm³/mol. The van der Waals surface area contributed by atoms with E-state index in [-0.39, 0.29) is 18.0 Å². The van der Waals surface area contributed by atoms with E-state index in [2.05, 4.69) is 16.8 Å². The summed E-state index contributed by atoms with van der Waals surface area (Å²) in [5.41, 5.74) is 0.936. The standard InChI is InChI=1S/C22H19ClF4N2O/c1-20(2)22(26,27)21(3,29-19(28)12-30-20)16-10-14(17(24)11-18(16)25)8-7-13-5-4-6-15(23)9-13/h4-6,9-11H,12H2,1-3H3,(H2,28,29)/t21-/m1/s1. The molecule has 0 unspecified atom stereocenters. The quantitative estimate of drug-likeness (QED) is 0.501. The summed E-state index contributed by atoms with van der Waals surface area (Å²) in [5, 5.41) is 0.430. The number of halogens is 5. The second kappa shape index (κ2) is 7.60. The first-order chi connectivity index (χ1) is 13.9. The summed E-state index contributed by atoms with van der Waals surface area (Å²) in [4.78, 5) is 3.88. The van der Waals surface area contributed by atoms with E-state index in [0.29, 0.717) is 16.7 Å². The van der Waals surface area contributed by atoms with Crippen molar-refractivity contribution in [1.82, 2.24) is 0 Å². The molecule has 1 aliphatic rings. The summed E-state index contributed by atoms with van der Waals surface area (Å²) in [5.74, 6) is -0.835. The average molecular weight is 439 g/mol. The molecule has 0 fully saturated rings. The Bertz CT molecular complexity index is 1090. The molecule has 3 nitrogen and oxygen atoms in total. The van der Waals surface area contributed by atoms with Gasteiger partial charge in [-0.1, -0.05) is 29.5 Å². The molecule has 1 atom stereocenters. The monoisotopic (exact) mass is 438 g/mol. The highest BCUT2D eigenvalue weighted by atomic mass is 35.5. The molecule has 30 heavy (non-hydrogen) atoms. The van der Waals surface area contributed by atoms with Crippen LogP contribution in [-0.4, -0.2) is 24.0 Å². The molecule has 0 radical (unpaired) electrons.